The number of aromatic nitrogens is 3. The first-order valence-corrected chi connectivity index (χ1v) is 14.2. The number of imidazole rings is 1. The molecule has 2 aromatic carbocycles. The van der Waals surface area contributed by atoms with E-state index >= 15 is 0 Å². The molecule has 13 heteroatoms. The van der Waals surface area contributed by atoms with Gasteiger partial charge in [-0.1, -0.05) is 12.1 Å². The van der Waals surface area contributed by atoms with E-state index in [0.29, 0.717) is 34.2 Å². The number of halogens is 4. The number of rotatable bonds is 7. The molecule has 1 saturated carbocycles. The van der Waals surface area contributed by atoms with Crippen LogP contribution >= 0.6 is 15.9 Å². The predicted molar refractivity (Wildman–Crippen MR) is 145 cm³/mol. The summed E-state index contributed by atoms with van der Waals surface area (Å²) in [7, 11) is -3.07. The first-order chi connectivity index (χ1) is 18.9. The number of hydrogen-bond acceptors (Lipinski definition) is 6. The van der Waals surface area contributed by atoms with Crippen molar-refractivity contribution < 1.29 is 36.2 Å². The number of aryl methyl sites for hydroxylation is 1. The van der Waals surface area contributed by atoms with Gasteiger partial charge in [0.05, 0.1) is 40.0 Å². The van der Waals surface area contributed by atoms with Gasteiger partial charge < -0.3 is 19.0 Å². The van der Waals surface area contributed by atoms with Crippen LogP contribution in [0.25, 0.3) is 10.9 Å². The normalized spacial score (nSPS) is 13.6. The Morgan fingerprint density at radius 1 is 1.25 bits per heavy atom. The topological polar surface area (TPSA) is 103 Å². The number of carbonyl (C=O) groups is 1. The van der Waals surface area contributed by atoms with Crippen LogP contribution < -0.4 is 0 Å². The lowest BCUT2D eigenvalue weighted by Gasteiger charge is -2.14. The van der Waals surface area contributed by atoms with Crippen LogP contribution in [0.15, 0.2) is 47.2 Å². The zero-order valence-corrected chi connectivity index (χ0v) is 23.7. The van der Waals surface area contributed by atoms with E-state index in [1.54, 1.807) is 41.4 Å². The summed E-state index contributed by atoms with van der Waals surface area (Å²) in [6.45, 7) is 3.39. The van der Waals surface area contributed by atoms with Crippen molar-refractivity contribution in [2.45, 2.75) is 45.5 Å². The first kappa shape index (κ1) is 28.0. The Bertz CT molecular complexity index is 1800. The second kappa shape index (κ2) is 10.4. The summed E-state index contributed by atoms with van der Waals surface area (Å²) in [6.07, 6.45) is -0.124. The number of ether oxygens (including phenoxy) is 1. The quantitative estimate of drug-likeness (QED) is 0.160. The van der Waals surface area contributed by atoms with E-state index in [1.165, 1.54) is 6.07 Å². The summed E-state index contributed by atoms with van der Waals surface area (Å²) in [5, 5.41) is 11.4. The molecule has 2 heterocycles. The second-order valence-electron chi connectivity index (χ2n) is 9.37. The Labute approximate surface area is 236 Å². The van der Waals surface area contributed by atoms with Gasteiger partial charge in [0.2, 0.25) is 10.3 Å². The Morgan fingerprint density at radius 3 is 2.55 bits per heavy atom. The zero-order chi connectivity index (χ0) is 28.9. The highest BCUT2D eigenvalue weighted by Crippen LogP contribution is 2.46. The molecule has 0 atom stereocenters. The van der Waals surface area contributed by atoms with Gasteiger partial charge in [0.15, 0.2) is 0 Å². The van der Waals surface area contributed by atoms with Gasteiger partial charge in [0, 0.05) is 29.4 Å². The highest BCUT2D eigenvalue weighted by molar-refractivity contribution is 9.10. The van der Waals surface area contributed by atoms with Crippen molar-refractivity contribution in [3.05, 3.63) is 81.0 Å². The Morgan fingerprint density at radius 2 is 1.98 bits per heavy atom. The molecule has 210 valence electrons. The molecule has 40 heavy (non-hydrogen) atoms. The number of hydrogen-bond donors (Lipinski definition) is 1. The molecular formula is C27H23BrF3N3O5S. The smallest absolute Gasteiger partial charge is 0.416 e. The molecule has 1 N–H and O–H groups in total. The van der Waals surface area contributed by atoms with E-state index in [4.69, 9.17) is 4.74 Å². The fourth-order valence-electron chi connectivity index (χ4n) is 4.89. The number of phenols is 1. The van der Waals surface area contributed by atoms with Crippen LogP contribution in [0.4, 0.5) is 13.2 Å². The number of nitrogens with zero attached hydrogens (tertiary/aromatic N) is 3. The minimum Gasteiger partial charge on any atom is -0.506 e. The second-order valence-corrected chi connectivity index (χ2v) is 11.1. The third-order valence-corrected chi connectivity index (χ3v) is 8.17. The number of alkyl halides is 3. The van der Waals surface area contributed by atoms with Crippen molar-refractivity contribution in [2.75, 3.05) is 6.61 Å². The molecule has 0 bridgehead atoms. The predicted octanol–water partition coefficient (Wildman–Crippen LogP) is 5.64. The molecule has 0 spiro atoms. The molecule has 0 radical (unpaired) electrons. The molecule has 0 aliphatic heterocycles. The van der Waals surface area contributed by atoms with Gasteiger partial charge >= 0.3 is 12.1 Å². The Kier molecular flexibility index (Phi) is 7.29. The van der Waals surface area contributed by atoms with Crippen molar-refractivity contribution >= 4 is 48.0 Å². The summed E-state index contributed by atoms with van der Waals surface area (Å²) >= 11 is 3.38. The number of esters is 1. The number of phenolic OH excluding ortho intramolecular Hbond substituents is 1. The van der Waals surface area contributed by atoms with Gasteiger partial charge in [-0.15, -0.1) is 0 Å². The average molecular weight is 638 g/mol. The summed E-state index contributed by atoms with van der Waals surface area (Å²) in [5.74, 6) is -0.402. The largest absolute Gasteiger partial charge is 0.506 e. The third-order valence-electron chi connectivity index (χ3n) is 6.80. The van der Waals surface area contributed by atoms with Crippen LogP contribution in [0, 0.1) is 6.92 Å². The lowest BCUT2D eigenvalue weighted by atomic mass is 9.99. The zero-order valence-electron chi connectivity index (χ0n) is 21.3. The van der Waals surface area contributed by atoms with Gasteiger partial charge in [-0.05, 0) is 66.4 Å². The Hall–Kier alpha value is -3.58. The molecule has 0 unspecified atom stereocenters. The monoisotopic (exact) mass is 637 g/mol. The van der Waals surface area contributed by atoms with Gasteiger partial charge in [-0.25, -0.2) is 9.78 Å². The molecule has 4 aromatic rings. The summed E-state index contributed by atoms with van der Waals surface area (Å²) in [4.78, 5) is 17.3. The molecule has 8 nitrogen and oxygen atoms in total. The van der Waals surface area contributed by atoms with E-state index in [0.717, 1.165) is 18.2 Å². The number of fused-ring (bicyclic) bond motifs is 1. The van der Waals surface area contributed by atoms with Crippen LogP contribution in [0.2, 0.25) is 0 Å². The highest BCUT2D eigenvalue weighted by atomic mass is 79.9. The molecule has 0 amide bonds. The number of benzene rings is 2. The lowest BCUT2D eigenvalue weighted by molar-refractivity contribution is -0.137. The van der Waals surface area contributed by atoms with E-state index in [2.05, 4.69) is 20.9 Å². The number of aromatic hydroxyl groups is 1. The molecule has 5 rings (SSSR count). The van der Waals surface area contributed by atoms with E-state index < -0.39 is 32.9 Å². The number of carbonyl (C=O) groups excluding carboxylic acids is 1. The van der Waals surface area contributed by atoms with Gasteiger partial charge in [0.25, 0.3) is 0 Å². The minimum absolute atomic E-state index is 0.0355. The molecule has 2 aromatic heterocycles. The first-order valence-electron chi connectivity index (χ1n) is 12.3. The summed E-state index contributed by atoms with van der Waals surface area (Å²) < 4.78 is 75.5. The standard InChI is InChI=1S/C27H23BrF3N3O5S/c1-3-39-26(36)22-21-18(13-33-10-9-32-14(33)2)24(35)19(28)12-20(21)34(17-7-8-17)23(22)25(40(37)38)15-5-4-6-16(11-15)27(29,30)31/h4-6,9-12,17,35H,3,7-8,13H2,1-2H3. The van der Waals surface area contributed by atoms with Gasteiger partial charge in [-0.3, -0.25) is 0 Å². The fraction of sp³-hybridized carbons (Fsp3) is 0.296. The Balaban J connectivity index is 1.93. The molecule has 1 aliphatic rings. The maximum Gasteiger partial charge on any atom is 0.416 e. The van der Waals surface area contributed by atoms with Crippen LogP contribution in [0.5, 0.6) is 5.75 Å². The van der Waals surface area contributed by atoms with Crippen LogP contribution in [0.3, 0.4) is 0 Å². The van der Waals surface area contributed by atoms with Crippen LogP contribution in [0.1, 0.15) is 64.4 Å². The van der Waals surface area contributed by atoms with E-state index in [1.807, 2.05) is 0 Å². The van der Waals surface area contributed by atoms with Crippen molar-refractivity contribution in [1.29, 1.82) is 0 Å². The minimum atomic E-state index is -4.72. The average Bonchev–Trinajstić information content (AvgIpc) is 3.56. The highest BCUT2D eigenvalue weighted by Gasteiger charge is 2.38. The van der Waals surface area contributed by atoms with E-state index in [9.17, 15) is 31.5 Å². The lowest BCUT2D eigenvalue weighted by Crippen LogP contribution is -2.18. The summed E-state index contributed by atoms with van der Waals surface area (Å²) in [6, 6.07) is 5.33. The van der Waals surface area contributed by atoms with E-state index in [-0.39, 0.29) is 47.2 Å². The molecule has 1 fully saturated rings. The molecule has 0 saturated heterocycles. The molecular weight excluding hydrogens is 615 g/mol. The maximum atomic E-state index is 13.6. The van der Waals surface area contributed by atoms with Gasteiger partial charge in [-0.2, -0.15) is 21.6 Å². The summed E-state index contributed by atoms with van der Waals surface area (Å²) in [5.41, 5.74) is -0.743. The van der Waals surface area contributed by atoms with Crippen molar-refractivity contribution in [2.24, 2.45) is 0 Å². The van der Waals surface area contributed by atoms with Crippen molar-refractivity contribution in [3.63, 3.8) is 0 Å². The van der Waals surface area contributed by atoms with Crippen LogP contribution in [-0.4, -0.2) is 45.1 Å². The fourth-order valence-corrected chi connectivity index (χ4v) is 6.02. The van der Waals surface area contributed by atoms with Crippen LogP contribution in [-0.2, 0) is 27.8 Å². The molecule has 1 aliphatic carbocycles. The SMILES string of the molecule is CCOC(=O)c1c(C(c2cccc(C(F)(F)F)c2)=S(=O)=O)n(C2CC2)c2cc(Br)c(O)c(Cn3ccnc3C)c12. The maximum absolute atomic E-state index is 13.6. The van der Waals surface area contributed by atoms with Gasteiger partial charge in [0.1, 0.15) is 16.4 Å². The van der Waals surface area contributed by atoms with Crippen molar-refractivity contribution in [3.8, 4) is 5.75 Å². The third kappa shape index (κ3) is 4.92. The van der Waals surface area contributed by atoms with Crippen molar-refractivity contribution in [1.82, 2.24) is 14.1 Å².